The van der Waals surface area contributed by atoms with E-state index in [2.05, 4.69) is 9.97 Å². The molecule has 21 heavy (non-hydrogen) atoms. The van der Waals surface area contributed by atoms with E-state index in [1.54, 1.807) is 18.3 Å². The van der Waals surface area contributed by atoms with E-state index in [9.17, 15) is 4.79 Å². The number of ether oxygens (including phenoxy) is 1. The second-order valence-electron chi connectivity index (χ2n) is 4.56. The monoisotopic (exact) mass is 301 g/mol. The minimum atomic E-state index is -0.367. The number of hydrogen-bond acceptors (Lipinski definition) is 4. The van der Waals surface area contributed by atoms with Crippen molar-refractivity contribution in [2.24, 2.45) is 7.05 Å². The molecule has 0 aliphatic rings. The minimum Gasteiger partial charge on any atom is -0.465 e. The maximum absolute atomic E-state index is 11.9. The van der Waals surface area contributed by atoms with E-state index in [4.69, 9.17) is 16.3 Å². The van der Waals surface area contributed by atoms with Crippen LogP contribution in [0.5, 0.6) is 0 Å². The van der Waals surface area contributed by atoms with E-state index in [1.807, 2.05) is 29.9 Å². The quantitative estimate of drug-likeness (QED) is 0.539. The fraction of sp³-hybridized carbons (Fsp3) is 0.133. The molecule has 0 aliphatic carbocycles. The van der Waals surface area contributed by atoms with Gasteiger partial charge in [0.25, 0.3) is 0 Å². The zero-order chi connectivity index (χ0) is 15.0. The number of rotatable bonds is 2. The highest BCUT2D eigenvalue weighted by Gasteiger charge is 2.17. The molecule has 0 radical (unpaired) electrons. The molecule has 106 valence electrons. The number of carbonyl (C=O) groups excluding carboxylic acids is 1. The van der Waals surface area contributed by atoms with E-state index < -0.39 is 0 Å². The third-order valence-electron chi connectivity index (χ3n) is 3.31. The van der Waals surface area contributed by atoms with Crippen LogP contribution in [0.1, 0.15) is 10.4 Å². The zero-order valence-corrected chi connectivity index (χ0v) is 12.3. The maximum Gasteiger partial charge on any atom is 0.340 e. The smallest absolute Gasteiger partial charge is 0.340 e. The number of benzene rings is 1. The molecule has 6 heteroatoms. The molecule has 0 spiro atoms. The SMILES string of the molecule is COC(=O)c1cccc2c(-c3ccnc(Cl)n3)cn(C)c12. The Labute approximate surface area is 126 Å². The van der Waals surface area contributed by atoms with Crippen molar-refractivity contribution in [1.29, 1.82) is 0 Å². The summed E-state index contributed by atoms with van der Waals surface area (Å²) < 4.78 is 6.72. The van der Waals surface area contributed by atoms with Crippen molar-refractivity contribution in [2.75, 3.05) is 7.11 Å². The van der Waals surface area contributed by atoms with Crippen molar-refractivity contribution in [3.63, 3.8) is 0 Å². The Kier molecular flexibility index (Phi) is 3.35. The van der Waals surface area contributed by atoms with Crippen molar-refractivity contribution >= 4 is 28.5 Å². The first-order valence-corrected chi connectivity index (χ1v) is 6.65. The second-order valence-corrected chi connectivity index (χ2v) is 4.90. The Morgan fingerprint density at radius 3 is 2.86 bits per heavy atom. The number of hydrogen-bond donors (Lipinski definition) is 0. The Morgan fingerprint density at radius 2 is 2.14 bits per heavy atom. The Balaban J connectivity index is 2.30. The lowest BCUT2D eigenvalue weighted by atomic mass is 10.1. The van der Waals surface area contributed by atoms with E-state index in [0.717, 1.165) is 16.5 Å². The van der Waals surface area contributed by atoms with Crippen LogP contribution in [0.4, 0.5) is 0 Å². The molecule has 0 unspecified atom stereocenters. The molecule has 2 heterocycles. The van der Waals surface area contributed by atoms with Gasteiger partial charge in [0, 0.05) is 30.4 Å². The van der Waals surface area contributed by atoms with E-state index in [0.29, 0.717) is 11.3 Å². The topological polar surface area (TPSA) is 57.0 Å². The lowest BCUT2D eigenvalue weighted by Gasteiger charge is -2.04. The van der Waals surface area contributed by atoms with E-state index >= 15 is 0 Å². The Hall–Kier alpha value is -2.40. The molecule has 0 saturated carbocycles. The van der Waals surface area contributed by atoms with Gasteiger partial charge in [-0.15, -0.1) is 0 Å². The van der Waals surface area contributed by atoms with E-state index in [-0.39, 0.29) is 11.3 Å². The summed E-state index contributed by atoms with van der Waals surface area (Å²) in [5, 5.41) is 1.10. The molecule has 0 atom stereocenters. The average molecular weight is 302 g/mol. The molecule has 5 nitrogen and oxygen atoms in total. The van der Waals surface area contributed by atoms with Gasteiger partial charge in [0.05, 0.1) is 23.9 Å². The summed E-state index contributed by atoms with van der Waals surface area (Å²) in [6.45, 7) is 0. The standard InChI is InChI=1S/C15H12ClN3O2/c1-19-8-11(12-6-7-17-15(16)18-12)9-4-3-5-10(13(9)19)14(20)21-2/h3-8H,1-2H3. The van der Waals surface area contributed by atoms with Crippen molar-refractivity contribution in [3.8, 4) is 11.3 Å². The highest BCUT2D eigenvalue weighted by Crippen LogP contribution is 2.31. The first kappa shape index (κ1) is 13.6. The number of carbonyl (C=O) groups is 1. The summed E-state index contributed by atoms with van der Waals surface area (Å²) >= 11 is 5.85. The summed E-state index contributed by atoms with van der Waals surface area (Å²) in [7, 11) is 3.25. The first-order chi connectivity index (χ1) is 10.1. The van der Waals surface area contributed by atoms with Crippen molar-refractivity contribution in [2.45, 2.75) is 0 Å². The van der Waals surface area contributed by atoms with Crippen LogP contribution < -0.4 is 0 Å². The molecule has 3 aromatic rings. The first-order valence-electron chi connectivity index (χ1n) is 6.27. The van der Waals surface area contributed by atoms with Crippen LogP contribution in [0.15, 0.2) is 36.7 Å². The predicted molar refractivity (Wildman–Crippen MR) is 80.3 cm³/mol. The molecule has 0 bridgehead atoms. The number of nitrogens with zero attached hydrogens (tertiary/aromatic N) is 3. The van der Waals surface area contributed by atoms with Crippen LogP contribution in [-0.2, 0) is 11.8 Å². The summed E-state index contributed by atoms with van der Waals surface area (Å²) in [5.74, 6) is -0.367. The predicted octanol–water partition coefficient (Wildman–Crippen LogP) is 3.08. The van der Waals surface area contributed by atoms with Crippen LogP contribution in [0, 0.1) is 0 Å². The van der Waals surface area contributed by atoms with Crippen LogP contribution >= 0.6 is 11.6 Å². The van der Waals surface area contributed by atoms with Gasteiger partial charge < -0.3 is 9.30 Å². The summed E-state index contributed by atoms with van der Waals surface area (Å²) in [5.41, 5.74) is 2.92. The second kappa shape index (κ2) is 5.18. The van der Waals surface area contributed by atoms with Crippen LogP contribution in [0.3, 0.4) is 0 Å². The minimum absolute atomic E-state index is 0.189. The van der Waals surface area contributed by atoms with Crippen LogP contribution in [-0.4, -0.2) is 27.6 Å². The van der Waals surface area contributed by atoms with Gasteiger partial charge in [0.2, 0.25) is 5.28 Å². The molecule has 0 amide bonds. The number of esters is 1. The van der Waals surface area contributed by atoms with Crippen molar-refractivity contribution in [1.82, 2.24) is 14.5 Å². The zero-order valence-electron chi connectivity index (χ0n) is 11.5. The number of aromatic nitrogens is 3. The van der Waals surface area contributed by atoms with Gasteiger partial charge in [0.1, 0.15) is 0 Å². The Bertz CT molecular complexity index is 842. The third-order valence-corrected chi connectivity index (χ3v) is 3.49. The molecule has 2 aromatic heterocycles. The number of fused-ring (bicyclic) bond motifs is 1. The van der Waals surface area contributed by atoms with Gasteiger partial charge in [-0.05, 0) is 23.7 Å². The van der Waals surface area contributed by atoms with Crippen molar-refractivity contribution < 1.29 is 9.53 Å². The summed E-state index contributed by atoms with van der Waals surface area (Å²) in [6, 6.07) is 7.28. The molecule has 1 aromatic carbocycles. The number of para-hydroxylation sites is 1. The molecule has 0 fully saturated rings. The molecule has 0 N–H and O–H groups in total. The van der Waals surface area contributed by atoms with Crippen LogP contribution in [0.25, 0.3) is 22.2 Å². The van der Waals surface area contributed by atoms with Gasteiger partial charge in [-0.25, -0.2) is 14.8 Å². The lowest BCUT2D eigenvalue weighted by molar-refractivity contribution is 0.0602. The van der Waals surface area contributed by atoms with Gasteiger partial charge in [-0.1, -0.05) is 12.1 Å². The summed E-state index contributed by atoms with van der Waals surface area (Å²) in [4.78, 5) is 20.0. The highest BCUT2D eigenvalue weighted by molar-refractivity contribution is 6.28. The maximum atomic E-state index is 11.9. The molecular weight excluding hydrogens is 290 g/mol. The van der Waals surface area contributed by atoms with Crippen LogP contribution in [0.2, 0.25) is 5.28 Å². The molecule has 3 rings (SSSR count). The highest BCUT2D eigenvalue weighted by atomic mass is 35.5. The third kappa shape index (κ3) is 2.25. The molecule has 0 saturated heterocycles. The largest absolute Gasteiger partial charge is 0.465 e. The Morgan fingerprint density at radius 1 is 1.33 bits per heavy atom. The summed E-state index contributed by atoms with van der Waals surface area (Å²) in [6.07, 6.45) is 3.52. The number of halogens is 1. The molecular formula is C15H12ClN3O2. The van der Waals surface area contributed by atoms with Gasteiger partial charge in [-0.2, -0.15) is 0 Å². The van der Waals surface area contributed by atoms with E-state index in [1.165, 1.54) is 7.11 Å². The lowest BCUT2D eigenvalue weighted by Crippen LogP contribution is -2.03. The normalized spacial score (nSPS) is 10.8. The van der Waals surface area contributed by atoms with Gasteiger partial charge in [0.15, 0.2) is 0 Å². The van der Waals surface area contributed by atoms with Crippen molar-refractivity contribution in [3.05, 3.63) is 47.5 Å². The average Bonchev–Trinajstić information content (AvgIpc) is 2.84. The fourth-order valence-electron chi connectivity index (χ4n) is 2.43. The number of methoxy groups -OCH3 is 1. The van der Waals surface area contributed by atoms with Gasteiger partial charge >= 0.3 is 5.97 Å². The molecule has 0 aliphatic heterocycles. The number of aryl methyl sites for hydroxylation is 1. The van der Waals surface area contributed by atoms with Gasteiger partial charge in [-0.3, -0.25) is 0 Å². The fourth-order valence-corrected chi connectivity index (χ4v) is 2.58.